The molecule has 8 nitrogen and oxygen atoms in total. The van der Waals surface area contributed by atoms with Gasteiger partial charge in [-0.3, -0.25) is 14.4 Å². The molecule has 0 aliphatic carbocycles. The van der Waals surface area contributed by atoms with Crippen LogP contribution in [-0.4, -0.2) is 44.0 Å². The molecule has 1 aliphatic heterocycles. The van der Waals surface area contributed by atoms with Crippen LogP contribution in [0.4, 0.5) is 11.4 Å². The van der Waals surface area contributed by atoms with Gasteiger partial charge >= 0.3 is 11.9 Å². The molecule has 0 radical (unpaired) electrons. The molecule has 1 fully saturated rings. The van der Waals surface area contributed by atoms with Crippen LogP contribution >= 0.6 is 0 Å². The van der Waals surface area contributed by atoms with E-state index in [9.17, 15) is 19.2 Å². The van der Waals surface area contributed by atoms with Crippen LogP contribution in [-0.2, 0) is 36.7 Å². The van der Waals surface area contributed by atoms with Crippen molar-refractivity contribution < 1.29 is 28.7 Å². The fourth-order valence-corrected chi connectivity index (χ4v) is 3.84. The lowest BCUT2D eigenvalue weighted by molar-refractivity contribution is -0.151. The zero-order chi connectivity index (χ0) is 24.0. The van der Waals surface area contributed by atoms with Gasteiger partial charge < -0.3 is 19.7 Å². The minimum Gasteiger partial charge on any atom is -0.465 e. The number of nitrogens with zero attached hydrogens (tertiary/aromatic N) is 1. The first-order chi connectivity index (χ1) is 15.9. The van der Waals surface area contributed by atoms with E-state index in [2.05, 4.69) is 10.1 Å². The molecule has 3 rings (SSSR count). The lowest BCUT2D eigenvalue weighted by Crippen LogP contribution is -2.28. The Kier molecular flexibility index (Phi) is 7.82. The van der Waals surface area contributed by atoms with E-state index in [1.807, 2.05) is 32.0 Å². The number of methoxy groups -OCH3 is 1. The second-order valence-electron chi connectivity index (χ2n) is 7.76. The summed E-state index contributed by atoms with van der Waals surface area (Å²) in [5.74, 6) is -2.37. The van der Waals surface area contributed by atoms with Crippen LogP contribution < -0.4 is 10.2 Å². The molecule has 8 heteroatoms. The average Bonchev–Trinajstić information content (AvgIpc) is 3.23. The summed E-state index contributed by atoms with van der Waals surface area (Å²) in [5.41, 5.74) is 3.74. The molecule has 174 valence electrons. The fraction of sp³-hybridized carbons (Fsp3) is 0.360. The van der Waals surface area contributed by atoms with Gasteiger partial charge in [-0.05, 0) is 48.2 Å². The van der Waals surface area contributed by atoms with E-state index >= 15 is 0 Å². The lowest BCUT2D eigenvalue weighted by atomic mass is 10.0. The maximum absolute atomic E-state index is 12.5. The lowest BCUT2D eigenvalue weighted by Gasteiger charge is -2.17. The van der Waals surface area contributed by atoms with Crippen LogP contribution in [0.5, 0.6) is 0 Å². The molecule has 0 unspecified atom stereocenters. The molecule has 0 aromatic heterocycles. The van der Waals surface area contributed by atoms with E-state index in [-0.39, 0.29) is 18.9 Å². The molecule has 33 heavy (non-hydrogen) atoms. The second-order valence-corrected chi connectivity index (χ2v) is 7.76. The monoisotopic (exact) mass is 452 g/mol. The third kappa shape index (κ3) is 5.58. The molecular formula is C25H28N2O6. The molecule has 0 spiro atoms. The maximum atomic E-state index is 12.5. The van der Waals surface area contributed by atoms with Gasteiger partial charge in [0.2, 0.25) is 5.91 Å². The van der Waals surface area contributed by atoms with Gasteiger partial charge in [-0.15, -0.1) is 0 Å². The van der Waals surface area contributed by atoms with E-state index in [1.165, 1.54) is 12.0 Å². The minimum atomic E-state index is -0.667. The zero-order valence-corrected chi connectivity index (χ0v) is 19.1. The molecule has 0 saturated carbocycles. The third-order valence-corrected chi connectivity index (χ3v) is 5.67. The summed E-state index contributed by atoms with van der Waals surface area (Å²) in [5, 5.41) is 2.86. The number of carbonyl (C=O) groups is 4. The van der Waals surface area contributed by atoms with Crippen molar-refractivity contribution >= 4 is 35.1 Å². The number of ether oxygens (including phenoxy) is 2. The van der Waals surface area contributed by atoms with E-state index < -0.39 is 30.4 Å². The summed E-state index contributed by atoms with van der Waals surface area (Å²) in [6, 6.07) is 12.2. The molecule has 2 aromatic rings. The summed E-state index contributed by atoms with van der Waals surface area (Å²) in [6.07, 6.45) is 1.53. The highest BCUT2D eigenvalue weighted by molar-refractivity contribution is 6.00. The first kappa shape index (κ1) is 24.0. The largest absolute Gasteiger partial charge is 0.465 e. The van der Waals surface area contributed by atoms with Crippen LogP contribution in [0.2, 0.25) is 0 Å². The number of nitrogens with one attached hydrogen (secondary N) is 1. The zero-order valence-electron chi connectivity index (χ0n) is 19.1. The summed E-state index contributed by atoms with van der Waals surface area (Å²) in [6.45, 7) is 3.75. The number of hydrogen-bond acceptors (Lipinski definition) is 6. The molecule has 0 bridgehead atoms. The number of carbonyl (C=O) groups excluding carboxylic acids is 4. The number of para-hydroxylation sites is 1. The predicted molar refractivity (Wildman–Crippen MR) is 123 cm³/mol. The van der Waals surface area contributed by atoms with Crippen LogP contribution in [0.25, 0.3) is 0 Å². The molecule has 2 aromatic carbocycles. The van der Waals surface area contributed by atoms with Gasteiger partial charge in [0.1, 0.15) is 0 Å². The molecule has 1 atom stereocenters. The van der Waals surface area contributed by atoms with Gasteiger partial charge in [-0.25, -0.2) is 4.79 Å². The summed E-state index contributed by atoms with van der Waals surface area (Å²) in [7, 11) is 1.29. The van der Waals surface area contributed by atoms with Crippen molar-refractivity contribution in [3.05, 3.63) is 59.2 Å². The van der Waals surface area contributed by atoms with E-state index in [1.54, 1.807) is 24.3 Å². The van der Waals surface area contributed by atoms with Crippen LogP contribution in [0.1, 0.15) is 41.8 Å². The Morgan fingerprint density at radius 3 is 2.24 bits per heavy atom. The number of benzene rings is 2. The highest BCUT2D eigenvalue weighted by Gasteiger charge is 2.36. The first-order valence-electron chi connectivity index (χ1n) is 10.9. The normalized spacial score (nSPS) is 15.3. The number of hydrogen-bond donors (Lipinski definition) is 1. The predicted octanol–water partition coefficient (Wildman–Crippen LogP) is 3.13. The van der Waals surface area contributed by atoms with E-state index in [0.717, 1.165) is 29.7 Å². The molecule has 1 N–H and O–H groups in total. The standard InChI is InChI=1S/C25H28N2O6/c1-4-16-7-6-8-17(5-2)23(16)26-21(28)15-33-25(31)19-13-22(29)27(14-19)20-11-9-18(10-12-20)24(30)32-3/h6-12,19H,4-5,13-15H2,1-3H3,(H,26,28)/t19-/m1/s1. The van der Waals surface area contributed by atoms with Crippen LogP contribution in [0.15, 0.2) is 42.5 Å². The smallest absolute Gasteiger partial charge is 0.337 e. The molecular weight excluding hydrogens is 424 g/mol. The van der Waals surface area contributed by atoms with Crippen molar-refractivity contribution in [2.24, 2.45) is 5.92 Å². The van der Waals surface area contributed by atoms with Gasteiger partial charge in [-0.2, -0.15) is 0 Å². The van der Waals surface area contributed by atoms with Crippen molar-refractivity contribution in [1.82, 2.24) is 0 Å². The van der Waals surface area contributed by atoms with Gasteiger partial charge in [0, 0.05) is 24.3 Å². The number of rotatable bonds is 8. The minimum absolute atomic E-state index is 0.00213. The van der Waals surface area contributed by atoms with Crippen molar-refractivity contribution in [2.45, 2.75) is 33.1 Å². The number of amides is 2. The van der Waals surface area contributed by atoms with Crippen molar-refractivity contribution in [2.75, 3.05) is 30.5 Å². The second kappa shape index (κ2) is 10.8. The molecule has 1 aliphatic rings. The van der Waals surface area contributed by atoms with Gasteiger partial charge in [0.05, 0.1) is 18.6 Å². The maximum Gasteiger partial charge on any atom is 0.337 e. The number of aryl methyl sites for hydroxylation is 2. The number of esters is 2. The summed E-state index contributed by atoms with van der Waals surface area (Å²) < 4.78 is 9.88. The SMILES string of the molecule is CCc1cccc(CC)c1NC(=O)COC(=O)[C@@H]1CC(=O)N(c2ccc(C(=O)OC)cc2)C1. The Balaban J connectivity index is 1.57. The third-order valence-electron chi connectivity index (χ3n) is 5.67. The number of anilines is 2. The highest BCUT2D eigenvalue weighted by atomic mass is 16.5. The Labute approximate surface area is 192 Å². The molecule has 1 saturated heterocycles. The first-order valence-corrected chi connectivity index (χ1v) is 10.9. The Morgan fingerprint density at radius 1 is 1.03 bits per heavy atom. The Hall–Kier alpha value is -3.68. The molecule has 1 heterocycles. The summed E-state index contributed by atoms with van der Waals surface area (Å²) >= 11 is 0. The highest BCUT2D eigenvalue weighted by Crippen LogP contribution is 2.27. The van der Waals surface area contributed by atoms with Gasteiger partial charge in [0.25, 0.3) is 5.91 Å². The molecule has 2 amide bonds. The van der Waals surface area contributed by atoms with Gasteiger partial charge in [-0.1, -0.05) is 32.0 Å². The van der Waals surface area contributed by atoms with E-state index in [0.29, 0.717) is 11.3 Å². The quantitative estimate of drug-likeness (QED) is 0.618. The van der Waals surface area contributed by atoms with Crippen molar-refractivity contribution in [3.8, 4) is 0 Å². The van der Waals surface area contributed by atoms with Crippen LogP contribution in [0.3, 0.4) is 0 Å². The van der Waals surface area contributed by atoms with E-state index in [4.69, 9.17) is 4.74 Å². The van der Waals surface area contributed by atoms with Crippen molar-refractivity contribution in [1.29, 1.82) is 0 Å². The topological polar surface area (TPSA) is 102 Å². The van der Waals surface area contributed by atoms with Crippen LogP contribution in [0, 0.1) is 5.92 Å². The Morgan fingerprint density at radius 2 is 1.67 bits per heavy atom. The summed E-state index contributed by atoms with van der Waals surface area (Å²) in [4.78, 5) is 50.4. The fourth-order valence-electron chi connectivity index (χ4n) is 3.84. The van der Waals surface area contributed by atoms with Gasteiger partial charge in [0.15, 0.2) is 6.61 Å². The van der Waals surface area contributed by atoms with Crippen molar-refractivity contribution in [3.63, 3.8) is 0 Å². The average molecular weight is 453 g/mol. The Bertz CT molecular complexity index is 1030.